The lowest BCUT2D eigenvalue weighted by atomic mass is 9.89. The van der Waals surface area contributed by atoms with Gasteiger partial charge in [-0.3, -0.25) is 19.4 Å². The summed E-state index contributed by atoms with van der Waals surface area (Å²) in [6.07, 6.45) is 10.4. The van der Waals surface area contributed by atoms with Crippen LogP contribution in [0.3, 0.4) is 0 Å². The molecule has 1 aliphatic heterocycles. The van der Waals surface area contributed by atoms with E-state index in [0.29, 0.717) is 18.2 Å². The number of piperidine rings is 1. The Morgan fingerprint density at radius 1 is 1.08 bits per heavy atom. The molecule has 0 spiro atoms. The molecule has 1 saturated carbocycles. The average molecular weight is 344 g/mol. The number of nitrogens with zero attached hydrogens (tertiary/aromatic N) is 2. The lowest BCUT2D eigenvalue weighted by Gasteiger charge is -2.38. The molecule has 1 unspecified atom stereocenters. The maximum atomic E-state index is 12.7. The molecule has 0 radical (unpaired) electrons. The van der Waals surface area contributed by atoms with Gasteiger partial charge < -0.3 is 16.0 Å². The third-order valence-electron chi connectivity index (χ3n) is 5.23. The Kier molecular flexibility index (Phi) is 5.31. The molecule has 2 fully saturated rings. The third kappa shape index (κ3) is 3.97. The summed E-state index contributed by atoms with van der Waals surface area (Å²) >= 11 is 0. The van der Waals surface area contributed by atoms with E-state index in [4.69, 9.17) is 5.73 Å². The number of aromatic nitrogens is 1. The summed E-state index contributed by atoms with van der Waals surface area (Å²) in [5.41, 5.74) is 5.69. The van der Waals surface area contributed by atoms with Crippen molar-refractivity contribution < 1.29 is 14.4 Å². The number of anilines is 1. The number of amides is 3. The molecule has 1 aromatic rings. The standard InChI is InChI=1S/C18H24N4O3/c19-16(23)13-9-14(11-20-10-13)21-17(24)18(25)22-8-4-3-7-15(22)12-5-1-2-6-12/h9-12,15H,1-8H2,(H2,19,23)(H,21,24). The Balaban J connectivity index is 1.69. The zero-order valence-corrected chi connectivity index (χ0v) is 14.2. The van der Waals surface area contributed by atoms with E-state index >= 15 is 0 Å². The van der Waals surface area contributed by atoms with Gasteiger partial charge in [0.2, 0.25) is 5.91 Å². The second-order valence-corrected chi connectivity index (χ2v) is 6.89. The molecule has 0 aromatic carbocycles. The number of carbonyl (C=O) groups is 3. The van der Waals surface area contributed by atoms with E-state index in [2.05, 4.69) is 10.3 Å². The van der Waals surface area contributed by atoms with E-state index in [9.17, 15) is 14.4 Å². The monoisotopic (exact) mass is 344 g/mol. The Labute approximate surface area is 147 Å². The summed E-state index contributed by atoms with van der Waals surface area (Å²) in [5.74, 6) is -1.31. The number of carbonyl (C=O) groups excluding carboxylic acids is 3. The second-order valence-electron chi connectivity index (χ2n) is 6.89. The number of rotatable bonds is 3. The van der Waals surface area contributed by atoms with Gasteiger partial charge in [-0.2, -0.15) is 0 Å². The number of nitrogens with one attached hydrogen (secondary N) is 1. The van der Waals surface area contributed by atoms with E-state index in [1.54, 1.807) is 4.90 Å². The molecule has 1 aliphatic carbocycles. The maximum Gasteiger partial charge on any atom is 0.313 e. The molecule has 1 aromatic heterocycles. The zero-order chi connectivity index (χ0) is 17.8. The van der Waals surface area contributed by atoms with Gasteiger partial charge in [0, 0.05) is 18.8 Å². The van der Waals surface area contributed by atoms with E-state index in [-0.39, 0.29) is 11.6 Å². The summed E-state index contributed by atoms with van der Waals surface area (Å²) < 4.78 is 0. The van der Waals surface area contributed by atoms with Gasteiger partial charge in [-0.15, -0.1) is 0 Å². The normalized spacial score (nSPS) is 21.1. The Hall–Kier alpha value is -2.44. The van der Waals surface area contributed by atoms with Crippen molar-refractivity contribution in [1.29, 1.82) is 0 Å². The first-order chi connectivity index (χ1) is 12.1. The predicted octanol–water partition coefficient (Wildman–Crippen LogP) is 1.69. The van der Waals surface area contributed by atoms with Crippen LogP contribution < -0.4 is 11.1 Å². The van der Waals surface area contributed by atoms with Crippen molar-refractivity contribution in [3.8, 4) is 0 Å². The highest BCUT2D eigenvalue weighted by Gasteiger charge is 2.36. The minimum atomic E-state index is -0.687. The van der Waals surface area contributed by atoms with Gasteiger partial charge in [-0.1, -0.05) is 12.8 Å². The highest BCUT2D eigenvalue weighted by atomic mass is 16.2. The molecule has 7 heteroatoms. The lowest BCUT2D eigenvalue weighted by Crippen LogP contribution is -2.50. The van der Waals surface area contributed by atoms with Crippen molar-refractivity contribution in [3.05, 3.63) is 24.0 Å². The number of pyridine rings is 1. The van der Waals surface area contributed by atoms with Crippen LogP contribution in [0, 0.1) is 5.92 Å². The van der Waals surface area contributed by atoms with Crippen molar-refractivity contribution in [1.82, 2.24) is 9.88 Å². The van der Waals surface area contributed by atoms with Crippen LogP contribution in [0.4, 0.5) is 5.69 Å². The Morgan fingerprint density at radius 2 is 1.80 bits per heavy atom. The van der Waals surface area contributed by atoms with E-state index in [1.165, 1.54) is 31.3 Å². The first-order valence-corrected chi connectivity index (χ1v) is 8.93. The summed E-state index contributed by atoms with van der Waals surface area (Å²) in [5, 5.41) is 2.54. The Morgan fingerprint density at radius 3 is 2.52 bits per heavy atom. The minimum Gasteiger partial charge on any atom is -0.366 e. The largest absolute Gasteiger partial charge is 0.366 e. The molecule has 25 heavy (non-hydrogen) atoms. The molecular formula is C18H24N4O3. The van der Waals surface area contributed by atoms with Crippen molar-refractivity contribution >= 4 is 23.4 Å². The average Bonchev–Trinajstić information content (AvgIpc) is 3.15. The van der Waals surface area contributed by atoms with Crippen LogP contribution in [-0.4, -0.2) is 40.2 Å². The fraction of sp³-hybridized carbons (Fsp3) is 0.556. The molecule has 1 atom stereocenters. The highest BCUT2D eigenvalue weighted by Crippen LogP contribution is 2.34. The lowest BCUT2D eigenvalue weighted by molar-refractivity contribution is -0.146. The molecule has 134 valence electrons. The van der Waals surface area contributed by atoms with Crippen LogP contribution >= 0.6 is 0 Å². The predicted molar refractivity (Wildman–Crippen MR) is 92.7 cm³/mol. The smallest absolute Gasteiger partial charge is 0.313 e. The highest BCUT2D eigenvalue weighted by molar-refractivity contribution is 6.39. The number of hydrogen-bond donors (Lipinski definition) is 2. The van der Waals surface area contributed by atoms with Gasteiger partial charge in [0.1, 0.15) is 0 Å². The minimum absolute atomic E-state index is 0.171. The van der Waals surface area contributed by atoms with Crippen molar-refractivity contribution in [2.75, 3.05) is 11.9 Å². The molecule has 7 nitrogen and oxygen atoms in total. The van der Waals surface area contributed by atoms with Crippen LogP contribution in [0.2, 0.25) is 0 Å². The van der Waals surface area contributed by atoms with Gasteiger partial charge >= 0.3 is 11.8 Å². The van der Waals surface area contributed by atoms with E-state index < -0.39 is 17.7 Å². The number of hydrogen-bond acceptors (Lipinski definition) is 4. The molecule has 3 amide bonds. The van der Waals surface area contributed by atoms with Gasteiger partial charge in [-0.05, 0) is 44.1 Å². The number of nitrogens with two attached hydrogens (primary N) is 1. The summed E-state index contributed by atoms with van der Waals surface area (Å²) in [6.45, 7) is 0.632. The van der Waals surface area contributed by atoms with Gasteiger partial charge in [0.25, 0.3) is 0 Å². The summed E-state index contributed by atoms with van der Waals surface area (Å²) in [7, 11) is 0. The molecule has 2 aliphatic rings. The molecule has 1 saturated heterocycles. The Bertz CT molecular complexity index is 670. The maximum absolute atomic E-state index is 12.7. The van der Waals surface area contributed by atoms with Gasteiger partial charge in [0.15, 0.2) is 0 Å². The van der Waals surface area contributed by atoms with Crippen molar-refractivity contribution in [3.63, 3.8) is 0 Å². The van der Waals surface area contributed by atoms with Crippen molar-refractivity contribution in [2.24, 2.45) is 11.7 Å². The molecule has 2 heterocycles. The molecular weight excluding hydrogens is 320 g/mol. The molecule has 3 N–H and O–H groups in total. The quantitative estimate of drug-likeness (QED) is 0.814. The SMILES string of the molecule is NC(=O)c1cncc(NC(=O)C(=O)N2CCCCC2C2CCCC2)c1. The number of likely N-dealkylation sites (tertiary alicyclic amines) is 1. The molecule has 3 rings (SSSR count). The summed E-state index contributed by atoms with van der Waals surface area (Å²) in [4.78, 5) is 41.9. The third-order valence-corrected chi connectivity index (χ3v) is 5.23. The first kappa shape index (κ1) is 17.4. The van der Waals surface area contributed by atoms with E-state index in [0.717, 1.165) is 32.1 Å². The fourth-order valence-electron chi connectivity index (χ4n) is 4.00. The van der Waals surface area contributed by atoms with Crippen LogP contribution in [0.1, 0.15) is 55.3 Å². The zero-order valence-electron chi connectivity index (χ0n) is 14.2. The molecule has 0 bridgehead atoms. The summed E-state index contributed by atoms with van der Waals surface area (Å²) in [6, 6.07) is 1.59. The fourth-order valence-corrected chi connectivity index (χ4v) is 4.00. The van der Waals surface area contributed by atoms with Crippen molar-refractivity contribution in [2.45, 2.75) is 51.0 Å². The first-order valence-electron chi connectivity index (χ1n) is 8.93. The van der Waals surface area contributed by atoms with Crippen LogP contribution in [0.5, 0.6) is 0 Å². The van der Waals surface area contributed by atoms with Crippen LogP contribution in [0.25, 0.3) is 0 Å². The second kappa shape index (κ2) is 7.63. The van der Waals surface area contributed by atoms with E-state index in [1.807, 2.05) is 0 Å². The van der Waals surface area contributed by atoms with Gasteiger partial charge in [-0.25, -0.2) is 0 Å². The van der Waals surface area contributed by atoms with Crippen LogP contribution in [-0.2, 0) is 9.59 Å². The number of primary amides is 1. The van der Waals surface area contributed by atoms with Gasteiger partial charge in [0.05, 0.1) is 17.4 Å². The van der Waals surface area contributed by atoms with Crippen LogP contribution in [0.15, 0.2) is 18.5 Å². The topological polar surface area (TPSA) is 105 Å².